The van der Waals surface area contributed by atoms with Gasteiger partial charge in [-0.3, -0.25) is 14.3 Å². The Morgan fingerprint density at radius 2 is 1.74 bits per heavy atom. The fourth-order valence-corrected chi connectivity index (χ4v) is 6.15. The van der Waals surface area contributed by atoms with Crippen LogP contribution in [0.5, 0.6) is 0 Å². The molecule has 2 N–H and O–H groups in total. The Bertz CT molecular complexity index is 1610. The van der Waals surface area contributed by atoms with Crippen LogP contribution in [0.25, 0.3) is 10.9 Å². The largest absolute Gasteiger partial charge is 0.383 e. The molecule has 3 heterocycles. The molecule has 1 atom stereocenters. The summed E-state index contributed by atoms with van der Waals surface area (Å²) in [7, 11) is 3.37. The normalized spacial score (nSPS) is 14.8. The Kier molecular flexibility index (Phi) is 11.1. The van der Waals surface area contributed by atoms with Crippen molar-refractivity contribution in [3.8, 4) is 0 Å². The number of nitrogens with one attached hydrogen (secondary N) is 2. The van der Waals surface area contributed by atoms with Crippen molar-refractivity contribution in [2.45, 2.75) is 51.7 Å². The average Bonchev–Trinajstić information content (AvgIpc) is 3.50. The minimum absolute atomic E-state index is 0.0991. The third-order valence-corrected chi connectivity index (χ3v) is 8.69. The molecule has 10 heteroatoms. The van der Waals surface area contributed by atoms with Crippen molar-refractivity contribution < 1.29 is 19.1 Å². The van der Waals surface area contributed by atoms with Crippen LogP contribution in [0.4, 0.5) is 22.0 Å². The van der Waals surface area contributed by atoms with E-state index in [4.69, 9.17) is 9.47 Å². The number of amides is 2. The van der Waals surface area contributed by atoms with Crippen LogP contribution in [-0.4, -0.2) is 85.5 Å². The monoisotopic (exact) mass is 626 g/mol. The molecule has 1 aliphatic heterocycles. The molecular weight excluding hydrogens is 580 g/mol. The summed E-state index contributed by atoms with van der Waals surface area (Å²) in [6.45, 7) is 10.2. The van der Waals surface area contributed by atoms with Crippen LogP contribution < -0.4 is 15.5 Å². The van der Waals surface area contributed by atoms with Crippen molar-refractivity contribution in [3.05, 3.63) is 84.2 Å². The number of methoxy groups -OCH3 is 1. The first-order valence-corrected chi connectivity index (χ1v) is 16.1. The van der Waals surface area contributed by atoms with Gasteiger partial charge in [0.15, 0.2) is 0 Å². The van der Waals surface area contributed by atoms with E-state index >= 15 is 0 Å². The lowest BCUT2D eigenvalue weighted by molar-refractivity contribution is 0.0819. The second-order valence-corrected chi connectivity index (χ2v) is 12.1. The number of likely N-dealkylation sites (tertiary alicyclic amines) is 1. The highest BCUT2D eigenvalue weighted by Crippen LogP contribution is 2.31. The molecule has 2 amide bonds. The van der Waals surface area contributed by atoms with Crippen LogP contribution in [0.3, 0.4) is 0 Å². The number of fused-ring (bicyclic) bond motifs is 1. The van der Waals surface area contributed by atoms with Crippen molar-refractivity contribution in [2.75, 3.05) is 57.2 Å². The molecule has 1 aliphatic rings. The molecule has 0 spiro atoms. The maximum atomic E-state index is 13.3. The number of nitrogens with zero attached hydrogens (tertiary/aromatic N) is 4. The SMILES string of the molecule is CNC(=O)n1ccc2cc(N(CCOC(C)C)c3ccnc(NC(=O)c4ccc(C5CCN(C(C)COC)CC5)cc4)c3)ccc21. The maximum Gasteiger partial charge on any atom is 0.325 e. The van der Waals surface area contributed by atoms with E-state index in [-0.39, 0.29) is 18.0 Å². The smallest absolute Gasteiger partial charge is 0.325 e. The van der Waals surface area contributed by atoms with E-state index < -0.39 is 0 Å². The van der Waals surface area contributed by atoms with E-state index in [1.807, 2.05) is 56.3 Å². The average molecular weight is 627 g/mol. The molecule has 4 aromatic rings. The summed E-state index contributed by atoms with van der Waals surface area (Å²) in [6, 6.07) is 19.9. The summed E-state index contributed by atoms with van der Waals surface area (Å²) in [6.07, 6.45) is 5.76. The Hall–Kier alpha value is -4.25. The number of carbonyl (C=O) groups excluding carboxylic acids is 2. The van der Waals surface area contributed by atoms with Gasteiger partial charge in [0.05, 0.1) is 24.8 Å². The van der Waals surface area contributed by atoms with Gasteiger partial charge in [-0.25, -0.2) is 9.78 Å². The number of ether oxygens (including phenoxy) is 2. The molecule has 1 saturated heterocycles. The van der Waals surface area contributed by atoms with Crippen LogP contribution in [0.2, 0.25) is 0 Å². The molecule has 0 bridgehead atoms. The zero-order valence-corrected chi connectivity index (χ0v) is 27.5. The highest BCUT2D eigenvalue weighted by atomic mass is 16.5. The van der Waals surface area contributed by atoms with Gasteiger partial charge in [0.25, 0.3) is 5.91 Å². The molecule has 2 aromatic carbocycles. The van der Waals surface area contributed by atoms with Gasteiger partial charge in [0.1, 0.15) is 5.82 Å². The van der Waals surface area contributed by atoms with Crippen molar-refractivity contribution in [3.63, 3.8) is 0 Å². The van der Waals surface area contributed by atoms with Gasteiger partial charge in [0.2, 0.25) is 0 Å². The van der Waals surface area contributed by atoms with Gasteiger partial charge >= 0.3 is 6.03 Å². The van der Waals surface area contributed by atoms with E-state index in [9.17, 15) is 9.59 Å². The second kappa shape index (κ2) is 15.4. The Balaban J connectivity index is 1.29. The summed E-state index contributed by atoms with van der Waals surface area (Å²) in [4.78, 5) is 34.6. The zero-order valence-electron chi connectivity index (χ0n) is 27.5. The molecular formula is C36H46N6O4. The quantitative estimate of drug-likeness (QED) is 0.192. The lowest BCUT2D eigenvalue weighted by Gasteiger charge is -2.36. The number of aromatic nitrogens is 2. The number of benzene rings is 2. The molecule has 5 rings (SSSR count). The highest BCUT2D eigenvalue weighted by Gasteiger charge is 2.24. The summed E-state index contributed by atoms with van der Waals surface area (Å²) < 4.78 is 12.8. The molecule has 0 aliphatic carbocycles. The van der Waals surface area contributed by atoms with E-state index in [2.05, 4.69) is 50.5 Å². The zero-order chi connectivity index (χ0) is 32.6. The van der Waals surface area contributed by atoms with E-state index in [1.165, 1.54) is 5.56 Å². The van der Waals surface area contributed by atoms with Crippen LogP contribution in [0.15, 0.2) is 73.1 Å². The van der Waals surface area contributed by atoms with Crippen molar-refractivity contribution >= 4 is 40.0 Å². The number of rotatable bonds is 12. The third kappa shape index (κ3) is 7.93. The highest BCUT2D eigenvalue weighted by molar-refractivity contribution is 6.04. The van der Waals surface area contributed by atoms with Gasteiger partial charge in [-0.2, -0.15) is 0 Å². The van der Waals surface area contributed by atoms with Crippen LogP contribution >= 0.6 is 0 Å². The lowest BCUT2D eigenvalue weighted by Crippen LogP contribution is -2.41. The first-order valence-electron chi connectivity index (χ1n) is 16.1. The molecule has 1 unspecified atom stereocenters. The van der Waals surface area contributed by atoms with E-state index in [0.29, 0.717) is 36.5 Å². The predicted molar refractivity (Wildman–Crippen MR) is 183 cm³/mol. The molecule has 46 heavy (non-hydrogen) atoms. The minimum atomic E-state index is -0.203. The molecule has 0 saturated carbocycles. The van der Waals surface area contributed by atoms with E-state index in [0.717, 1.165) is 54.8 Å². The number of piperidine rings is 1. The first-order chi connectivity index (χ1) is 22.3. The number of hydrogen-bond acceptors (Lipinski definition) is 7. The molecule has 10 nitrogen and oxygen atoms in total. The number of hydrogen-bond donors (Lipinski definition) is 2. The number of pyridine rings is 1. The summed E-state index contributed by atoms with van der Waals surface area (Å²) in [5.74, 6) is 0.755. The molecule has 244 valence electrons. The van der Waals surface area contributed by atoms with Gasteiger partial charge in [-0.15, -0.1) is 0 Å². The second-order valence-electron chi connectivity index (χ2n) is 12.1. The summed E-state index contributed by atoms with van der Waals surface area (Å²) in [5.41, 5.74) is 4.49. The molecule has 2 aromatic heterocycles. The number of carbonyl (C=O) groups is 2. The van der Waals surface area contributed by atoms with Crippen molar-refractivity contribution in [1.29, 1.82) is 0 Å². The lowest BCUT2D eigenvalue weighted by atomic mass is 9.88. The fraction of sp³-hybridized carbons (Fsp3) is 0.417. The predicted octanol–water partition coefficient (Wildman–Crippen LogP) is 6.25. The number of anilines is 3. The van der Waals surface area contributed by atoms with Crippen molar-refractivity contribution in [1.82, 2.24) is 19.8 Å². The van der Waals surface area contributed by atoms with Gasteiger partial charge in [-0.1, -0.05) is 12.1 Å². The Morgan fingerprint density at radius 1 is 1.00 bits per heavy atom. The van der Waals surface area contributed by atoms with Gasteiger partial charge in [0, 0.05) is 67.5 Å². The van der Waals surface area contributed by atoms with E-state index in [1.54, 1.807) is 31.1 Å². The van der Waals surface area contributed by atoms with Crippen LogP contribution in [0, 0.1) is 0 Å². The standard InChI is InChI=1S/C36H46N6O4/c1-25(2)46-21-20-41(31-10-11-33-30(22-31)15-19-42(33)36(44)37-4)32-12-16-38-34(23-32)39-35(43)29-8-6-27(7-9-29)28-13-17-40(18-14-28)26(3)24-45-5/h6-12,15-16,19,22-23,25-26,28H,13-14,17-18,20-21,24H2,1-5H3,(H,37,44)(H,38,39,43). The van der Waals surface area contributed by atoms with Gasteiger partial charge < -0.3 is 25.0 Å². The van der Waals surface area contributed by atoms with Gasteiger partial charge in [-0.05, 0) is 101 Å². The Morgan fingerprint density at radius 3 is 2.43 bits per heavy atom. The maximum absolute atomic E-state index is 13.3. The van der Waals surface area contributed by atoms with Crippen LogP contribution in [-0.2, 0) is 9.47 Å². The molecule has 1 fully saturated rings. The first kappa shape index (κ1) is 33.1. The van der Waals surface area contributed by atoms with Crippen molar-refractivity contribution in [2.24, 2.45) is 0 Å². The minimum Gasteiger partial charge on any atom is -0.383 e. The topological polar surface area (TPSA) is 101 Å². The fourth-order valence-electron chi connectivity index (χ4n) is 6.15. The summed E-state index contributed by atoms with van der Waals surface area (Å²) >= 11 is 0. The Labute approximate surface area is 271 Å². The van der Waals surface area contributed by atoms with Crippen LogP contribution in [0.1, 0.15) is 55.5 Å². The third-order valence-electron chi connectivity index (χ3n) is 8.69. The molecule has 0 radical (unpaired) electrons. The summed E-state index contributed by atoms with van der Waals surface area (Å²) in [5, 5.41) is 6.60.